The van der Waals surface area contributed by atoms with Gasteiger partial charge in [0.15, 0.2) is 11.6 Å². The number of piperidine rings is 1. The molecule has 4 saturated heterocycles. The first-order chi connectivity index (χ1) is 23.9. The van der Waals surface area contributed by atoms with Crippen molar-refractivity contribution >= 4 is 21.9 Å². The van der Waals surface area contributed by atoms with Crippen LogP contribution >= 0.6 is 0 Å². The minimum atomic E-state index is -3.55. The van der Waals surface area contributed by atoms with Crippen LogP contribution in [0.1, 0.15) is 70.2 Å². The van der Waals surface area contributed by atoms with Crippen LogP contribution in [0, 0.1) is 11.2 Å². The molecule has 4 fully saturated rings. The second-order valence-corrected chi connectivity index (χ2v) is 16.6. The second-order valence-electron chi connectivity index (χ2n) is 14.9. The van der Waals surface area contributed by atoms with Gasteiger partial charge in [-0.25, -0.2) is 14.4 Å². The summed E-state index contributed by atoms with van der Waals surface area (Å²) in [5, 5.41) is 0. The Balaban J connectivity index is 0.992. The number of ether oxygens (including phenoxy) is 3. The SMILES string of the molecule is CO[C@H]1CCN(S(=O)(=O)N[C@@H]2CC[C@@H](CN3CCC4(CC3)CN(c3ncncc3Oc3ccc(F)cc3C(=O)N(C(C)C)C(C)C)C4)OC2)C1. The Bertz CT molecular complexity index is 1580. The number of aromatic nitrogens is 2. The lowest BCUT2D eigenvalue weighted by Gasteiger charge is -2.54. The van der Waals surface area contributed by atoms with Crippen LogP contribution in [0.2, 0.25) is 0 Å². The fourth-order valence-corrected chi connectivity index (χ4v) is 9.33. The molecule has 5 heterocycles. The van der Waals surface area contributed by atoms with Gasteiger partial charge in [0.05, 0.1) is 30.6 Å². The molecule has 1 spiro atoms. The predicted octanol–water partition coefficient (Wildman–Crippen LogP) is 3.67. The number of likely N-dealkylation sites (tertiary alicyclic amines) is 1. The number of methoxy groups -OCH3 is 1. The number of anilines is 1. The lowest BCUT2D eigenvalue weighted by Crippen LogP contribution is -2.61. The van der Waals surface area contributed by atoms with E-state index in [1.54, 1.807) is 18.2 Å². The number of rotatable bonds is 12. The molecule has 13 nitrogen and oxygen atoms in total. The van der Waals surface area contributed by atoms with Crippen LogP contribution in [0.25, 0.3) is 0 Å². The van der Waals surface area contributed by atoms with E-state index in [-0.39, 0.29) is 53.0 Å². The zero-order valence-electron chi connectivity index (χ0n) is 29.9. The molecule has 3 atom stereocenters. The molecule has 1 amide bonds. The van der Waals surface area contributed by atoms with Crippen molar-refractivity contribution in [1.29, 1.82) is 0 Å². The number of halogens is 1. The summed E-state index contributed by atoms with van der Waals surface area (Å²) in [5.74, 6) is 0.552. The van der Waals surface area contributed by atoms with Crippen LogP contribution in [-0.2, 0) is 19.7 Å². The largest absolute Gasteiger partial charge is 0.451 e. The highest BCUT2D eigenvalue weighted by atomic mass is 32.2. The van der Waals surface area contributed by atoms with Crippen molar-refractivity contribution in [2.24, 2.45) is 5.41 Å². The van der Waals surface area contributed by atoms with Gasteiger partial charge in [0.25, 0.3) is 16.1 Å². The highest BCUT2D eigenvalue weighted by Crippen LogP contribution is 2.45. The monoisotopic (exact) mass is 717 g/mol. The van der Waals surface area contributed by atoms with Crippen molar-refractivity contribution in [2.45, 2.75) is 90.1 Å². The van der Waals surface area contributed by atoms with Gasteiger partial charge in [-0.05, 0) is 91.1 Å². The normalized spacial score (nSPS) is 24.6. The smallest absolute Gasteiger partial charge is 0.279 e. The van der Waals surface area contributed by atoms with Crippen LogP contribution in [-0.4, -0.2) is 128 Å². The average Bonchev–Trinajstić information content (AvgIpc) is 3.57. The van der Waals surface area contributed by atoms with Crippen molar-refractivity contribution in [3.05, 3.63) is 42.1 Å². The number of hydrogen-bond acceptors (Lipinski definition) is 10. The Labute approximate surface area is 295 Å². The number of carbonyl (C=O) groups excluding carboxylic acids is 1. The third-order valence-corrected chi connectivity index (χ3v) is 12.2. The summed E-state index contributed by atoms with van der Waals surface area (Å²) in [7, 11) is -1.94. The molecule has 0 bridgehead atoms. The third-order valence-electron chi connectivity index (χ3n) is 10.6. The van der Waals surface area contributed by atoms with E-state index >= 15 is 0 Å². The van der Waals surface area contributed by atoms with Crippen LogP contribution in [0.4, 0.5) is 10.2 Å². The summed E-state index contributed by atoms with van der Waals surface area (Å²) in [4.78, 5) is 28.7. The Hall–Kier alpha value is -2.95. The van der Waals surface area contributed by atoms with Gasteiger partial charge in [-0.1, -0.05) is 0 Å². The molecule has 6 rings (SSSR count). The van der Waals surface area contributed by atoms with Gasteiger partial charge in [-0.3, -0.25) is 4.79 Å². The van der Waals surface area contributed by atoms with Crippen LogP contribution in [0.3, 0.4) is 0 Å². The van der Waals surface area contributed by atoms with Crippen LogP contribution < -0.4 is 14.4 Å². The highest BCUT2D eigenvalue weighted by Gasteiger charge is 2.46. The lowest BCUT2D eigenvalue weighted by atomic mass is 9.72. The van der Waals surface area contributed by atoms with Crippen molar-refractivity contribution in [3.63, 3.8) is 0 Å². The first kappa shape index (κ1) is 36.8. The quantitative estimate of drug-likeness (QED) is 0.347. The standard InChI is InChI=1S/C35H52FN7O6S/c1-24(2)43(25(3)4)34(44)30-16-26(36)6-9-31(30)49-32-17-37-23-38-33(32)41-21-35(22-41)11-14-40(15-12-35)18-29-8-7-27(20-48-29)39-50(45,46)42-13-10-28(19-42)47-5/h6,9,16-17,23-25,27-29,39H,7-8,10-15,18-22H2,1-5H3/t27-,28+,29+/m1/s1. The lowest BCUT2D eigenvalue weighted by molar-refractivity contribution is -0.0301. The molecule has 0 radical (unpaired) electrons. The average molecular weight is 718 g/mol. The first-order valence-corrected chi connectivity index (χ1v) is 19.3. The van der Waals surface area contributed by atoms with Crippen LogP contribution in [0.5, 0.6) is 11.5 Å². The molecule has 1 N–H and O–H groups in total. The molecule has 15 heteroatoms. The summed E-state index contributed by atoms with van der Waals surface area (Å²) in [6.45, 7) is 13.4. The molecule has 0 saturated carbocycles. The van der Waals surface area contributed by atoms with E-state index in [0.717, 1.165) is 58.4 Å². The first-order valence-electron chi connectivity index (χ1n) is 17.9. The number of carbonyl (C=O) groups is 1. The molecular formula is C35H52FN7O6S. The molecule has 276 valence electrons. The van der Waals surface area contributed by atoms with Crippen molar-refractivity contribution in [2.75, 3.05) is 64.4 Å². The second kappa shape index (κ2) is 15.3. The van der Waals surface area contributed by atoms with Crippen LogP contribution in [0.15, 0.2) is 30.7 Å². The molecule has 4 aliphatic rings. The van der Waals surface area contributed by atoms with Gasteiger partial charge >= 0.3 is 0 Å². The third kappa shape index (κ3) is 8.23. The molecule has 2 aromatic rings. The van der Waals surface area contributed by atoms with Gasteiger partial charge in [0.1, 0.15) is 17.9 Å². The maximum atomic E-state index is 14.4. The summed E-state index contributed by atoms with van der Waals surface area (Å²) in [6.07, 6.45) is 7.51. The topological polar surface area (TPSA) is 130 Å². The fraction of sp³-hybridized carbons (Fsp3) is 0.686. The Kier molecular flexibility index (Phi) is 11.3. The van der Waals surface area contributed by atoms with E-state index in [4.69, 9.17) is 14.2 Å². The van der Waals surface area contributed by atoms with E-state index in [2.05, 4.69) is 24.5 Å². The summed E-state index contributed by atoms with van der Waals surface area (Å²) in [5.41, 5.74) is 0.343. The van der Waals surface area contributed by atoms with Gasteiger partial charge in [-0.15, -0.1) is 0 Å². The van der Waals surface area contributed by atoms with Gasteiger partial charge in [0.2, 0.25) is 0 Å². The Morgan fingerprint density at radius 3 is 2.48 bits per heavy atom. The molecular weight excluding hydrogens is 665 g/mol. The van der Waals surface area contributed by atoms with E-state index < -0.39 is 16.0 Å². The van der Waals surface area contributed by atoms with E-state index in [1.165, 1.54) is 28.8 Å². The maximum Gasteiger partial charge on any atom is 0.279 e. The molecule has 1 aromatic heterocycles. The molecule has 1 aromatic carbocycles. The van der Waals surface area contributed by atoms with Crippen molar-refractivity contribution < 1.29 is 31.8 Å². The molecule has 4 aliphatic heterocycles. The van der Waals surface area contributed by atoms with E-state index in [0.29, 0.717) is 37.7 Å². The highest BCUT2D eigenvalue weighted by molar-refractivity contribution is 7.87. The van der Waals surface area contributed by atoms with Crippen molar-refractivity contribution in [3.8, 4) is 11.5 Å². The zero-order valence-corrected chi connectivity index (χ0v) is 30.7. The fourth-order valence-electron chi connectivity index (χ4n) is 7.86. The minimum absolute atomic E-state index is 0.0469. The molecule has 0 aliphatic carbocycles. The Morgan fingerprint density at radius 1 is 1.10 bits per heavy atom. The maximum absolute atomic E-state index is 14.4. The van der Waals surface area contributed by atoms with E-state index in [1.807, 2.05) is 27.7 Å². The number of benzene rings is 1. The van der Waals surface area contributed by atoms with Crippen molar-refractivity contribution in [1.82, 2.24) is 28.8 Å². The Morgan fingerprint density at radius 2 is 1.84 bits per heavy atom. The van der Waals surface area contributed by atoms with E-state index in [9.17, 15) is 17.6 Å². The number of nitrogens with zero attached hydrogens (tertiary/aromatic N) is 6. The molecule has 50 heavy (non-hydrogen) atoms. The zero-order chi connectivity index (χ0) is 35.6. The number of amides is 1. The number of hydrogen-bond donors (Lipinski definition) is 1. The summed E-state index contributed by atoms with van der Waals surface area (Å²) >= 11 is 0. The predicted molar refractivity (Wildman–Crippen MR) is 187 cm³/mol. The summed E-state index contributed by atoms with van der Waals surface area (Å²) < 4.78 is 62.1. The van der Waals surface area contributed by atoms with Gasteiger partial charge in [-0.2, -0.15) is 17.4 Å². The minimum Gasteiger partial charge on any atom is -0.451 e. The summed E-state index contributed by atoms with van der Waals surface area (Å²) in [6, 6.07) is 3.66. The van der Waals surface area contributed by atoms with Gasteiger partial charge < -0.3 is 28.9 Å². The number of nitrogens with one attached hydrogen (secondary N) is 1. The van der Waals surface area contributed by atoms with Gasteiger partial charge in [0, 0.05) is 63.4 Å². The molecule has 0 unspecified atom stereocenters.